The number of pyridine rings is 1. The summed E-state index contributed by atoms with van der Waals surface area (Å²) in [7, 11) is 1.74. The molecular formula is C14H14F3N3. The van der Waals surface area contributed by atoms with Gasteiger partial charge in [-0.25, -0.2) is 4.98 Å². The van der Waals surface area contributed by atoms with Crippen LogP contribution in [0.15, 0.2) is 42.6 Å². The van der Waals surface area contributed by atoms with E-state index in [0.29, 0.717) is 12.4 Å². The van der Waals surface area contributed by atoms with Gasteiger partial charge in [0.2, 0.25) is 0 Å². The molecule has 0 aliphatic heterocycles. The third-order valence-corrected chi connectivity index (χ3v) is 2.98. The van der Waals surface area contributed by atoms with Crippen LogP contribution in [0.2, 0.25) is 0 Å². The van der Waals surface area contributed by atoms with Crippen LogP contribution in [0.1, 0.15) is 11.1 Å². The van der Waals surface area contributed by atoms with Crippen LogP contribution in [-0.4, -0.2) is 12.0 Å². The molecule has 106 valence electrons. The molecule has 0 atom stereocenters. The van der Waals surface area contributed by atoms with Crippen LogP contribution in [0, 0.1) is 0 Å². The van der Waals surface area contributed by atoms with Crippen molar-refractivity contribution in [3.63, 3.8) is 0 Å². The lowest BCUT2D eigenvalue weighted by molar-refractivity contribution is -0.137. The Morgan fingerprint density at radius 2 is 1.75 bits per heavy atom. The molecule has 0 fully saturated rings. The van der Waals surface area contributed by atoms with Gasteiger partial charge in [0.15, 0.2) is 0 Å². The highest BCUT2D eigenvalue weighted by atomic mass is 19.4. The number of nitrogens with zero attached hydrogens (tertiary/aromatic N) is 2. The highest BCUT2D eigenvalue weighted by molar-refractivity contribution is 5.59. The standard InChI is InChI=1S/C14H14F3N3/c1-20(12-5-2-10(8-18)3-6-12)13-7-4-11(9-19-13)14(15,16)17/h2-7,9H,8,18H2,1H3. The predicted octanol–water partition coefficient (Wildman–Crippen LogP) is 3.33. The number of alkyl halides is 3. The van der Waals surface area contributed by atoms with Gasteiger partial charge in [-0.05, 0) is 29.8 Å². The minimum Gasteiger partial charge on any atom is -0.329 e. The van der Waals surface area contributed by atoms with Crippen LogP contribution in [0.4, 0.5) is 24.7 Å². The van der Waals surface area contributed by atoms with Crippen molar-refractivity contribution in [2.75, 3.05) is 11.9 Å². The molecule has 0 radical (unpaired) electrons. The van der Waals surface area contributed by atoms with Gasteiger partial charge in [0.05, 0.1) is 5.56 Å². The highest BCUT2D eigenvalue weighted by Crippen LogP contribution is 2.30. The molecule has 1 heterocycles. The summed E-state index contributed by atoms with van der Waals surface area (Å²) < 4.78 is 37.4. The van der Waals surface area contributed by atoms with Crippen molar-refractivity contribution < 1.29 is 13.2 Å². The van der Waals surface area contributed by atoms with Crippen molar-refractivity contribution in [3.05, 3.63) is 53.7 Å². The summed E-state index contributed by atoms with van der Waals surface area (Å²) in [6, 6.07) is 9.81. The monoisotopic (exact) mass is 281 g/mol. The molecule has 0 saturated heterocycles. The van der Waals surface area contributed by atoms with Crippen LogP contribution >= 0.6 is 0 Å². The summed E-state index contributed by atoms with van der Waals surface area (Å²) in [4.78, 5) is 5.55. The summed E-state index contributed by atoms with van der Waals surface area (Å²) in [5, 5.41) is 0. The Morgan fingerprint density at radius 3 is 2.20 bits per heavy atom. The molecule has 0 amide bonds. The van der Waals surface area contributed by atoms with Gasteiger partial charge >= 0.3 is 6.18 Å². The van der Waals surface area contributed by atoms with Gasteiger partial charge in [-0.3, -0.25) is 0 Å². The quantitative estimate of drug-likeness (QED) is 0.938. The van der Waals surface area contributed by atoms with Crippen molar-refractivity contribution in [1.29, 1.82) is 0 Å². The summed E-state index contributed by atoms with van der Waals surface area (Å²) in [5.41, 5.74) is 6.57. The SMILES string of the molecule is CN(c1ccc(CN)cc1)c1ccc(C(F)(F)F)cn1. The van der Waals surface area contributed by atoms with E-state index < -0.39 is 11.7 Å². The molecule has 0 aliphatic rings. The summed E-state index contributed by atoms with van der Waals surface area (Å²) >= 11 is 0. The normalized spacial score (nSPS) is 11.4. The number of rotatable bonds is 3. The summed E-state index contributed by atoms with van der Waals surface area (Å²) in [5.74, 6) is 0.443. The second kappa shape index (κ2) is 5.50. The lowest BCUT2D eigenvalue weighted by Gasteiger charge is -2.19. The van der Waals surface area contributed by atoms with Crippen LogP contribution < -0.4 is 10.6 Å². The van der Waals surface area contributed by atoms with Crippen LogP contribution in [0.5, 0.6) is 0 Å². The van der Waals surface area contributed by atoms with E-state index in [2.05, 4.69) is 4.98 Å². The third kappa shape index (κ3) is 3.08. The van der Waals surface area contributed by atoms with Crippen molar-refractivity contribution in [2.24, 2.45) is 5.73 Å². The zero-order valence-corrected chi connectivity index (χ0v) is 10.9. The first-order chi connectivity index (χ1) is 9.41. The molecule has 0 spiro atoms. The van der Waals surface area contributed by atoms with Crippen LogP contribution in [0.25, 0.3) is 0 Å². The fourth-order valence-electron chi connectivity index (χ4n) is 1.74. The average molecular weight is 281 g/mol. The Morgan fingerprint density at radius 1 is 1.10 bits per heavy atom. The Bertz CT molecular complexity index is 562. The average Bonchev–Trinajstić information content (AvgIpc) is 2.46. The fourth-order valence-corrected chi connectivity index (χ4v) is 1.74. The molecule has 3 nitrogen and oxygen atoms in total. The maximum Gasteiger partial charge on any atom is 0.417 e. The second-order valence-corrected chi connectivity index (χ2v) is 4.33. The molecule has 6 heteroatoms. The zero-order valence-electron chi connectivity index (χ0n) is 10.9. The lowest BCUT2D eigenvalue weighted by Crippen LogP contribution is -2.12. The molecule has 2 aromatic rings. The van der Waals surface area contributed by atoms with Crippen LogP contribution in [-0.2, 0) is 12.7 Å². The van der Waals surface area contributed by atoms with E-state index in [1.807, 2.05) is 24.3 Å². The molecule has 2 N–H and O–H groups in total. The largest absolute Gasteiger partial charge is 0.417 e. The van der Waals surface area contributed by atoms with E-state index in [4.69, 9.17) is 5.73 Å². The van der Waals surface area contributed by atoms with E-state index in [-0.39, 0.29) is 0 Å². The van der Waals surface area contributed by atoms with Gasteiger partial charge in [0, 0.05) is 25.5 Å². The molecule has 20 heavy (non-hydrogen) atoms. The Kier molecular flexibility index (Phi) is 3.94. The minimum atomic E-state index is -4.37. The Hall–Kier alpha value is -2.08. The smallest absolute Gasteiger partial charge is 0.329 e. The molecule has 0 unspecified atom stereocenters. The van der Waals surface area contributed by atoms with Crippen molar-refractivity contribution in [1.82, 2.24) is 4.98 Å². The number of aromatic nitrogens is 1. The number of benzene rings is 1. The van der Waals surface area contributed by atoms with Gasteiger partial charge < -0.3 is 10.6 Å². The van der Waals surface area contributed by atoms with E-state index in [1.165, 1.54) is 6.07 Å². The maximum absolute atomic E-state index is 12.5. The molecule has 0 saturated carbocycles. The van der Waals surface area contributed by atoms with Crippen molar-refractivity contribution in [2.45, 2.75) is 12.7 Å². The number of hydrogen-bond donors (Lipinski definition) is 1. The number of hydrogen-bond acceptors (Lipinski definition) is 3. The summed E-state index contributed by atoms with van der Waals surface area (Å²) in [6.45, 7) is 0.447. The number of halogens is 3. The van der Waals surface area contributed by atoms with Gasteiger partial charge in [-0.1, -0.05) is 12.1 Å². The van der Waals surface area contributed by atoms with Crippen LogP contribution in [0.3, 0.4) is 0 Å². The number of nitrogens with two attached hydrogens (primary N) is 1. The van der Waals surface area contributed by atoms with E-state index in [0.717, 1.165) is 23.5 Å². The first-order valence-electron chi connectivity index (χ1n) is 5.98. The lowest BCUT2D eigenvalue weighted by atomic mass is 10.2. The topological polar surface area (TPSA) is 42.1 Å². The van der Waals surface area contributed by atoms with Gasteiger partial charge in [-0.15, -0.1) is 0 Å². The molecule has 1 aromatic carbocycles. The van der Waals surface area contributed by atoms with Gasteiger partial charge in [0.1, 0.15) is 5.82 Å². The predicted molar refractivity (Wildman–Crippen MR) is 71.6 cm³/mol. The van der Waals surface area contributed by atoms with E-state index in [9.17, 15) is 13.2 Å². The van der Waals surface area contributed by atoms with Crippen molar-refractivity contribution in [3.8, 4) is 0 Å². The van der Waals surface area contributed by atoms with Crippen molar-refractivity contribution >= 4 is 11.5 Å². The second-order valence-electron chi connectivity index (χ2n) is 4.33. The minimum absolute atomic E-state index is 0.443. The maximum atomic E-state index is 12.5. The molecule has 1 aromatic heterocycles. The Labute approximate surface area is 114 Å². The Balaban J connectivity index is 2.22. The number of anilines is 2. The van der Waals surface area contributed by atoms with E-state index in [1.54, 1.807) is 11.9 Å². The fraction of sp³-hybridized carbons (Fsp3) is 0.214. The first-order valence-corrected chi connectivity index (χ1v) is 5.98. The molecule has 2 rings (SSSR count). The highest BCUT2D eigenvalue weighted by Gasteiger charge is 2.30. The molecular weight excluding hydrogens is 267 g/mol. The third-order valence-electron chi connectivity index (χ3n) is 2.98. The van der Waals surface area contributed by atoms with E-state index >= 15 is 0 Å². The zero-order chi connectivity index (χ0) is 14.8. The first kappa shape index (κ1) is 14.3. The molecule has 0 bridgehead atoms. The summed E-state index contributed by atoms with van der Waals surface area (Å²) in [6.07, 6.45) is -3.53. The van der Waals surface area contributed by atoms with Gasteiger partial charge in [-0.2, -0.15) is 13.2 Å². The molecule has 0 aliphatic carbocycles. The van der Waals surface area contributed by atoms with Gasteiger partial charge in [0.25, 0.3) is 0 Å².